The van der Waals surface area contributed by atoms with Crippen LogP contribution in [0.3, 0.4) is 0 Å². The molecule has 1 aliphatic rings. The van der Waals surface area contributed by atoms with Crippen LogP contribution in [0.5, 0.6) is 0 Å². The summed E-state index contributed by atoms with van der Waals surface area (Å²) in [5.41, 5.74) is 1.36. The Morgan fingerprint density at radius 1 is 1.28 bits per heavy atom. The minimum absolute atomic E-state index is 0.0668. The van der Waals surface area contributed by atoms with Gasteiger partial charge in [-0.05, 0) is 19.5 Å². The Labute approximate surface area is 152 Å². The molecule has 25 heavy (non-hydrogen) atoms. The van der Waals surface area contributed by atoms with Crippen molar-refractivity contribution in [2.75, 3.05) is 52.9 Å². The molecule has 2 rings (SSSR count). The number of carbonyl (C=O) groups excluding carboxylic acids is 1. The molecule has 0 aliphatic carbocycles. The predicted octanol–water partition coefficient (Wildman–Crippen LogP) is 1.43. The Balaban J connectivity index is 1.66. The highest BCUT2D eigenvalue weighted by molar-refractivity contribution is 5.81. The van der Waals surface area contributed by atoms with Crippen molar-refractivity contribution < 1.29 is 4.79 Å². The highest BCUT2D eigenvalue weighted by Crippen LogP contribution is 2.07. The van der Waals surface area contributed by atoms with E-state index in [0.717, 1.165) is 45.8 Å². The number of nitrogens with zero attached hydrogens (tertiary/aromatic N) is 3. The normalized spacial score (nSPS) is 17.4. The summed E-state index contributed by atoms with van der Waals surface area (Å²) < 4.78 is 0. The molecule has 1 amide bonds. The Kier molecular flexibility index (Phi) is 8.12. The van der Waals surface area contributed by atoms with Crippen molar-refractivity contribution in [3.8, 4) is 0 Å². The number of likely N-dealkylation sites (N-methyl/N-ethyl adjacent to an activating group) is 1. The van der Waals surface area contributed by atoms with E-state index >= 15 is 0 Å². The molecule has 1 aromatic rings. The molecule has 0 spiro atoms. The first-order valence-corrected chi connectivity index (χ1v) is 9.17. The molecule has 1 aromatic carbocycles. The summed E-state index contributed by atoms with van der Waals surface area (Å²) in [5.74, 6) is 0.0935. The van der Waals surface area contributed by atoms with E-state index < -0.39 is 0 Å². The van der Waals surface area contributed by atoms with Crippen LogP contribution in [0.25, 0.3) is 0 Å². The van der Waals surface area contributed by atoms with E-state index in [9.17, 15) is 4.79 Å². The molecule has 0 aromatic heterocycles. The Hall–Kier alpha value is -1.69. The molecule has 1 heterocycles. The van der Waals surface area contributed by atoms with Crippen LogP contribution in [-0.4, -0.2) is 79.5 Å². The van der Waals surface area contributed by atoms with Crippen molar-refractivity contribution in [2.45, 2.75) is 19.5 Å². The SMILES string of the molecule is C=CCNC(=O)[C@H](C)N1CCN(CCN(C)Cc2ccccc2)CC1. The molecule has 1 N–H and O–H groups in total. The maximum Gasteiger partial charge on any atom is 0.237 e. The molecule has 5 nitrogen and oxygen atoms in total. The second-order valence-electron chi connectivity index (χ2n) is 6.81. The van der Waals surface area contributed by atoms with Gasteiger partial charge in [-0.15, -0.1) is 6.58 Å². The lowest BCUT2D eigenvalue weighted by Crippen LogP contribution is -2.54. The molecule has 138 valence electrons. The zero-order chi connectivity index (χ0) is 18.1. The van der Waals surface area contributed by atoms with E-state index in [4.69, 9.17) is 0 Å². The van der Waals surface area contributed by atoms with Crippen molar-refractivity contribution >= 4 is 5.91 Å². The molecule has 0 bridgehead atoms. The van der Waals surface area contributed by atoms with Gasteiger partial charge < -0.3 is 10.2 Å². The fraction of sp³-hybridized carbons (Fsp3) is 0.550. The highest BCUT2D eigenvalue weighted by atomic mass is 16.2. The number of amides is 1. The smallest absolute Gasteiger partial charge is 0.237 e. The van der Waals surface area contributed by atoms with Gasteiger partial charge in [0.2, 0.25) is 5.91 Å². The van der Waals surface area contributed by atoms with Crippen LogP contribution in [0.2, 0.25) is 0 Å². The molecule has 1 saturated heterocycles. The van der Waals surface area contributed by atoms with Gasteiger partial charge in [0.25, 0.3) is 0 Å². The first-order valence-electron chi connectivity index (χ1n) is 9.17. The van der Waals surface area contributed by atoms with Crippen LogP contribution >= 0.6 is 0 Å². The monoisotopic (exact) mass is 344 g/mol. The van der Waals surface area contributed by atoms with E-state index in [-0.39, 0.29) is 11.9 Å². The van der Waals surface area contributed by atoms with Crippen molar-refractivity contribution in [3.05, 3.63) is 48.6 Å². The van der Waals surface area contributed by atoms with Crippen LogP contribution < -0.4 is 5.32 Å². The summed E-state index contributed by atoms with van der Waals surface area (Å²) in [7, 11) is 2.18. The topological polar surface area (TPSA) is 38.8 Å². The van der Waals surface area contributed by atoms with Gasteiger partial charge in [-0.25, -0.2) is 0 Å². The molecule has 0 radical (unpaired) electrons. The molecular weight excluding hydrogens is 312 g/mol. The zero-order valence-electron chi connectivity index (χ0n) is 15.7. The summed E-state index contributed by atoms with van der Waals surface area (Å²) in [6, 6.07) is 10.5. The number of rotatable bonds is 9. The van der Waals surface area contributed by atoms with Crippen LogP contribution in [0.1, 0.15) is 12.5 Å². The third kappa shape index (κ3) is 6.61. The van der Waals surface area contributed by atoms with Crippen molar-refractivity contribution in [3.63, 3.8) is 0 Å². The Morgan fingerprint density at radius 3 is 2.60 bits per heavy atom. The van der Waals surface area contributed by atoms with Crippen molar-refractivity contribution in [2.24, 2.45) is 0 Å². The zero-order valence-corrected chi connectivity index (χ0v) is 15.7. The fourth-order valence-electron chi connectivity index (χ4n) is 3.15. The van der Waals surface area contributed by atoms with Crippen LogP contribution in [0.15, 0.2) is 43.0 Å². The fourth-order valence-corrected chi connectivity index (χ4v) is 3.15. The second kappa shape index (κ2) is 10.3. The van der Waals surface area contributed by atoms with E-state index in [0.29, 0.717) is 6.54 Å². The van der Waals surface area contributed by atoms with Gasteiger partial charge in [0.15, 0.2) is 0 Å². The second-order valence-corrected chi connectivity index (χ2v) is 6.81. The standard InChI is InChI=1S/C20H32N4O/c1-4-10-21-20(25)18(2)24-15-13-23(14-16-24)12-11-22(3)17-19-8-6-5-7-9-19/h4-9,18H,1,10-17H2,2-3H3,(H,21,25)/t18-/m0/s1. The van der Waals surface area contributed by atoms with Crippen molar-refractivity contribution in [1.82, 2.24) is 20.0 Å². The average Bonchev–Trinajstić information content (AvgIpc) is 2.65. The summed E-state index contributed by atoms with van der Waals surface area (Å²) in [6.45, 7) is 13.2. The maximum absolute atomic E-state index is 12.1. The van der Waals surface area contributed by atoms with E-state index in [1.165, 1.54) is 5.56 Å². The molecule has 1 aliphatic heterocycles. The van der Waals surface area contributed by atoms with E-state index in [1.807, 2.05) is 6.92 Å². The summed E-state index contributed by atoms with van der Waals surface area (Å²) >= 11 is 0. The number of benzene rings is 1. The molecule has 1 fully saturated rings. The summed E-state index contributed by atoms with van der Waals surface area (Å²) in [5, 5.41) is 2.88. The lowest BCUT2D eigenvalue weighted by atomic mass is 10.2. The first-order chi connectivity index (χ1) is 12.1. The first kappa shape index (κ1) is 19.6. The molecule has 0 unspecified atom stereocenters. The number of nitrogens with one attached hydrogen (secondary N) is 1. The quantitative estimate of drug-likeness (QED) is 0.688. The molecule has 0 saturated carbocycles. The van der Waals surface area contributed by atoms with Gasteiger partial charge in [-0.2, -0.15) is 0 Å². The van der Waals surface area contributed by atoms with Gasteiger partial charge in [0.05, 0.1) is 6.04 Å². The van der Waals surface area contributed by atoms with Crippen LogP contribution in [0, 0.1) is 0 Å². The number of carbonyl (C=O) groups is 1. The van der Waals surface area contributed by atoms with Crippen molar-refractivity contribution in [1.29, 1.82) is 0 Å². The number of hydrogen-bond donors (Lipinski definition) is 1. The largest absolute Gasteiger partial charge is 0.351 e. The molecule has 1 atom stereocenters. The lowest BCUT2D eigenvalue weighted by molar-refractivity contribution is -0.126. The maximum atomic E-state index is 12.1. The third-order valence-electron chi connectivity index (χ3n) is 4.85. The minimum Gasteiger partial charge on any atom is -0.351 e. The van der Waals surface area contributed by atoms with Gasteiger partial charge in [0.1, 0.15) is 0 Å². The average molecular weight is 345 g/mol. The van der Waals surface area contributed by atoms with E-state index in [1.54, 1.807) is 6.08 Å². The van der Waals surface area contributed by atoms with Gasteiger partial charge in [-0.1, -0.05) is 36.4 Å². The molecule has 5 heteroatoms. The van der Waals surface area contributed by atoms with Gasteiger partial charge >= 0.3 is 0 Å². The van der Waals surface area contributed by atoms with Crippen LogP contribution in [-0.2, 0) is 11.3 Å². The highest BCUT2D eigenvalue weighted by Gasteiger charge is 2.25. The lowest BCUT2D eigenvalue weighted by Gasteiger charge is -2.37. The predicted molar refractivity (Wildman–Crippen MR) is 103 cm³/mol. The van der Waals surface area contributed by atoms with Gasteiger partial charge in [-0.3, -0.25) is 14.6 Å². The summed E-state index contributed by atoms with van der Waals surface area (Å²) in [6.07, 6.45) is 1.72. The number of hydrogen-bond acceptors (Lipinski definition) is 4. The van der Waals surface area contributed by atoms with E-state index in [2.05, 4.69) is 64.0 Å². The molecular formula is C20H32N4O. The minimum atomic E-state index is -0.0668. The Morgan fingerprint density at radius 2 is 1.96 bits per heavy atom. The summed E-state index contributed by atoms with van der Waals surface area (Å²) in [4.78, 5) is 19.2. The Bertz CT molecular complexity index is 526. The third-order valence-corrected chi connectivity index (χ3v) is 4.85. The van der Waals surface area contributed by atoms with Crippen LogP contribution in [0.4, 0.5) is 0 Å². The number of piperazine rings is 1. The van der Waals surface area contributed by atoms with Gasteiger partial charge in [0, 0.05) is 52.4 Å².